The maximum absolute atomic E-state index is 13.2. The number of carbonyl (C=O) groups excluding carboxylic acids is 1. The molecule has 1 aliphatic rings. The molecule has 0 aliphatic carbocycles. The van der Waals surface area contributed by atoms with Gasteiger partial charge >= 0.3 is 5.97 Å². The Kier molecular flexibility index (Phi) is 10.7. The smallest absolute Gasteiger partial charge is 0.317 e. The lowest BCUT2D eigenvalue weighted by atomic mass is 10.0. The second-order valence-electron chi connectivity index (χ2n) is 8.97. The van der Waals surface area contributed by atoms with E-state index >= 15 is 0 Å². The van der Waals surface area contributed by atoms with Crippen LogP contribution in [0.2, 0.25) is 5.02 Å². The first-order valence-corrected chi connectivity index (χ1v) is 14.9. The second kappa shape index (κ2) is 13.5. The van der Waals surface area contributed by atoms with Crippen molar-refractivity contribution < 1.29 is 23.1 Å². The molecule has 0 atom stereocenters. The first kappa shape index (κ1) is 28.6. The maximum atomic E-state index is 13.2. The zero-order valence-electron chi connectivity index (χ0n) is 20.5. The predicted molar refractivity (Wildman–Crippen MR) is 142 cm³/mol. The number of nitrogens with one attached hydrogen (secondary N) is 1. The Morgan fingerprint density at radius 2 is 1.81 bits per heavy atom. The SMILES string of the molecule is CCCCCCN(CC(=O)O)C1CCN(S(=O)(=O)c2ccc(CNC(=O)c3ccc(Cl)cc3)s2)CC1. The first-order valence-electron chi connectivity index (χ1n) is 12.3. The fourth-order valence-electron chi connectivity index (χ4n) is 4.34. The molecule has 36 heavy (non-hydrogen) atoms. The molecule has 1 aromatic heterocycles. The van der Waals surface area contributed by atoms with Crippen LogP contribution < -0.4 is 5.32 Å². The number of carbonyl (C=O) groups is 2. The van der Waals surface area contributed by atoms with Crippen molar-refractivity contribution in [2.24, 2.45) is 0 Å². The number of thiophene rings is 1. The largest absolute Gasteiger partial charge is 0.480 e. The molecular formula is C25H34ClN3O5S2. The van der Waals surface area contributed by atoms with Gasteiger partial charge in [-0.2, -0.15) is 4.31 Å². The average Bonchev–Trinajstić information content (AvgIpc) is 3.35. The van der Waals surface area contributed by atoms with E-state index in [2.05, 4.69) is 12.2 Å². The number of piperidine rings is 1. The third kappa shape index (κ3) is 8.01. The molecule has 0 bridgehead atoms. The number of halogens is 1. The van der Waals surface area contributed by atoms with Crippen LogP contribution in [-0.4, -0.2) is 66.8 Å². The van der Waals surface area contributed by atoms with Crippen molar-refractivity contribution in [3.05, 3.63) is 51.9 Å². The zero-order valence-corrected chi connectivity index (χ0v) is 22.9. The third-order valence-corrected chi connectivity index (χ3v) is 10.0. The number of carboxylic acids is 1. The molecule has 0 radical (unpaired) electrons. The van der Waals surface area contributed by atoms with Crippen LogP contribution in [0.5, 0.6) is 0 Å². The van der Waals surface area contributed by atoms with Crippen LogP contribution in [0.3, 0.4) is 0 Å². The Morgan fingerprint density at radius 1 is 1.11 bits per heavy atom. The summed E-state index contributed by atoms with van der Waals surface area (Å²) in [6.07, 6.45) is 5.48. The van der Waals surface area contributed by atoms with Gasteiger partial charge in [-0.3, -0.25) is 14.5 Å². The molecule has 0 unspecified atom stereocenters. The van der Waals surface area contributed by atoms with E-state index in [1.54, 1.807) is 36.4 Å². The van der Waals surface area contributed by atoms with Gasteiger partial charge in [0, 0.05) is 34.6 Å². The monoisotopic (exact) mass is 555 g/mol. The van der Waals surface area contributed by atoms with Crippen molar-refractivity contribution in [2.75, 3.05) is 26.2 Å². The molecule has 2 heterocycles. The molecule has 8 nitrogen and oxygen atoms in total. The minimum atomic E-state index is -3.64. The lowest BCUT2D eigenvalue weighted by Crippen LogP contribution is -2.48. The number of carboxylic acid groups (broad SMARTS) is 1. The van der Waals surface area contributed by atoms with Crippen molar-refractivity contribution in [3.8, 4) is 0 Å². The summed E-state index contributed by atoms with van der Waals surface area (Å²) < 4.78 is 28.2. The van der Waals surface area contributed by atoms with Gasteiger partial charge in [-0.05, 0) is 62.2 Å². The molecule has 0 spiro atoms. The van der Waals surface area contributed by atoms with Gasteiger partial charge in [0.1, 0.15) is 4.21 Å². The standard InChI is InChI=1S/C25H34ClN3O5S2/c1-2-3-4-5-14-28(18-23(30)31)21-12-15-29(16-13-21)36(33,34)24-11-10-22(35-24)17-27-25(32)19-6-8-20(26)9-7-19/h6-11,21H,2-5,12-18H2,1H3,(H,27,32)(H,30,31). The molecule has 1 fully saturated rings. The van der Waals surface area contributed by atoms with Crippen molar-refractivity contribution in [2.45, 2.75) is 62.2 Å². The number of unbranched alkanes of at least 4 members (excludes halogenated alkanes) is 3. The summed E-state index contributed by atoms with van der Waals surface area (Å²) in [6.45, 7) is 3.79. The van der Waals surface area contributed by atoms with E-state index in [0.29, 0.717) is 36.5 Å². The summed E-state index contributed by atoms with van der Waals surface area (Å²) in [6, 6.07) is 9.92. The van der Waals surface area contributed by atoms with Gasteiger partial charge in [0.05, 0.1) is 13.1 Å². The van der Waals surface area contributed by atoms with Crippen molar-refractivity contribution >= 4 is 44.8 Å². The minimum Gasteiger partial charge on any atom is -0.480 e. The molecule has 1 aliphatic heterocycles. The lowest BCUT2D eigenvalue weighted by Gasteiger charge is -2.37. The molecule has 1 aromatic carbocycles. The molecule has 2 N–H and O–H groups in total. The third-order valence-electron chi connectivity index (χ3n) is 6.34. The highest BCUT2D eigenvalue weighted by atomic mass is 35.5. The van der Waals surface area contributed by atoms with Gasteiger partial charge in [0.15, 0.2) is 0 Å². The van der Waals surface area contributed by atoms with Crippen LogP contribution in [0.15, 0.2) is 40.6 Å². The fraction of sp³-hybridized carbons (Fsp3) is 0.520. The van der Waals surface area contributed by atoms with Crippen LogP contribution in [0.1, 0.15) is 60.7 Å². The van der Waals surface area contributed by atoms with Gasteiger partial charge in [-0.25, -0.2) is 8.42 Å². The number of sulfonamides is 1. The van der Waals surface area contributed by atoms with Crippen LogP contribution in [0.4, 0.5) is 0 Å². The van der Waals surface area contributed by atoms with Crippen LogP contribution >= 0.6 is 22.9 Å². The van der Waals surface area contributed by atoms with Gasteiger partial charge in [0.25, 0.3) is 15.9 Å². The number of aliphatic carboxylic acids is 1. The second-order valence-corrected chi connectivity index (χ2v) is 12.7. The number of nitrogens with zero attached hydrogens (tertiary/aromatic N) is 2. The summed E-state index contributed by atoms with van der Waals surface area (Å²) in [4.78, 5) is 26.4. The Balaban J connectivity index is 1.54. The van der Waals surface area contributed by atoms with E-state index in [0.717, 1.165) is 48.4 Å². The van der Waals surface area contributed by atoms with Crippen LogP contribution in [0, 0.1) is 0 Å². The molecular weight excluding hydrogens is 522 g/mol. The van der Waals surface area contributed by atoms with Gasteiger partial charge in [-0.15, -0.1) is 11.3 Å². The summed E-state index contributed by atoms with van der Waals surface area (Å²) in [7, 11) is -3.64. The quantitative estimate of drug-likeness (QED) is 0.354. The predicted octanol–water partition coefficient (Wildman–Crippen LogP) is 4.45. The molecule has 11 heteroatoms. The number of amides is 1. The summed E-state index contributed by atoms with van der Waals surface area (Å²) in [5, 5.41) is 12.7. The van der Waals surface area contributed by atoms with E-state index in [1.165, 1.54) is 4.31 Å². The Hall–Kier alpha value is -1.98. The summed E-state index contributed by atoms with van der Waals surface area (Å²) >= 11 is 7.01. The Morgan fingerprint density at radius 3 is 2.44 bits per heavy atom. The number of hydrogen-bond acceptors (Lipinski definition) is 6. The average molecular weight is 556 g/mol. The highest BCUT2D eigenvalue weighted by molar-refractivity contribution is 7.91. The van der Waals surface area contributed by atoms with Crippen LogP contribution in [0.25, 0.3) is 0 Å². The van der Waals surface area contributed by atoms with Gasteiger partial charge in [0.2, 0.25) is 0 Å². The highest BCUT2D eigenvalue weighted by Gasteiger charge is 2.33. The minimum absolute atomic E-state index is 0.0143. The first-order chi connectivity index (χ1) is 17.2. The van der Waals surface area contributed by atoms with E-state index in [1.807, 2.05) is 4.90 Å². The number of benzene rings is 1. The van der Waals surface area contributed by atoms with Crippen LogP contribution in [-0.2, 0) is 21.4 Å². The Labute approximate surface area is 222 Å². The van der Waals surface area contributed by atoms with E-state index in [-0.39, 0.29) is 29.2 Å². The number of rotatable bonds is 13. The lowest BCUT2D eigenvalue weighted by molar-refractivity contribution is -0.139. The molecule has 0 saturated carbocycles. The summed E-state index contributed by atoms with van der Waals surface area (Å²) in [5.74, 6) is -1.11. The maximum Gasteiger partial charge on any atom is 0.317 e. The molecule has 1 amide bonds. The molecule has 2 aromatic rings. The summed E-state index contributed by atoms with van der Waals surface area (Å²) in [5.41, 5.74) is 0.481. The van der Waals surface area contributed by atoms with Crippen molar-refractivity contribution in [3.63, 3.8) is 0 Å². The van der Waals surface area contributed by atoms with Gasteiger partial charge in [-0.1, -0.05) is 37.8 Å². The topological polar surface area (TPSA) is 107 Å². The van der Waals surface area contributed by atoms with Gasteiger partial charge < -0.3 is 10.4 Å². The zero-order chi connectivity index (χ0) is 26.1. The van der Waals surface area contributed by atoms with E-state index in [4.69, 9.17) is 11.6 Å². The Bertz CT molecular complexity index is 1110. The molecule has 1 saturated heterocycles. The fourth-order valence-corrected chi connectivity index (χ4v) is 7.39. The van der Waals surface area contributed by atoms with E-state index < -0.39 is 16.0 Å². The normalized spacial score (nSPS) is 15.3. The molecule has 198 valence electrons. The van der Waals surface area contributed by atoms with E-state index in [9.17, 15) is 23.1 Å². The highest BCUT2D eigenvalue weighted by Crippen LogP contribution is 2.28. The number of hydrogen-bond donors (Lipinski definition) is 2. The van der Waals surface area contributed by atoms with Crippen molar-refractivity contribution in [1.29, 1.82) is 0 Å². The molecule has 3 rings (SSSR count). The van der Waals surface area contributed by atoms with Crippen molar-refractivity contribution in [1.82, 2.24) is 14.5 Å².